The van der Waals surface area contributed by atoms with Crippen LogP contribution in [-0.2, 0) is 19.5 Å². The highest BCUT2D eigenvalue weighted by Crippen LogP contribution is 2.56. The summed E-state index contributed by atoms with van der Waals surface area (Å²) in [6.45, 7) is 0. The Balaban J connectivity index is 1.13. The first-order valence-electron chi connectivity index (χ1n) is 18.4. The minimum absolute atomic E-state index is 0.0407. The largest absolute Gasteiger partial charge is 0.328 e. The van der Waals surface area contributed by atoms with Gasteiger partial charge in [0.2, 0.25) is 0 Å². The van der Waals surface area contributed by atoms with Crippen molar-refractivity contribution in [1.29, 1.82) is 0 Å². The van der Waals surface area contributed by atoms with Gasteiger partial charge < -0.3 is 0 Å². The van der Waals surface area contributed by atoms with Gasteiger partial charge in [-0.05, 0) is 62.7 Å². The number of benzene rings is 7. The molecule has 262 valence electrons. The Morgan fingerprint density at radius 2 is 0.873 bits per heavy atom. The van der Waals surface area contributed by atoms with E-state index in [0.29, 0.717) is 17.5 Å². The summed E-state index contributed by atoms with van der Waals surface area (Å²) in [6, 6.07) is 61.6. The predicted octanol–water partition coefficient (Wildman–Crippen LogP) is 10.1. The maximum absolute atomic E-state index is 12.6. The van der Waals surface area contributed by atoms with Gasteiger partial charge in [-0.25, -0.2) is 19.7 Å². The molecule has 0 fully saturated rings. The molecule has 0 radical (unpaired) electrons. The van der Waals surface area contributed by atoms with Crippen molar-refractivity contribution in [2.75, 3.05) is 0 Å². The normalized spacial score (nSPS) is 12.8. The first-order valence-corrected chi connectivity index (χ1v) is 18.4. The van der Waals surface area contributed by atoms with E-state index < -0.39 is 5.41 Å². The second kappa shape index (κ2) is 12.7. The van der Waals surface area contributed by atoms with E-state index in [2.05, 4.69) is 140 Å². The zero-order valence-corrected chi connectivity index (χ0v) is 30.4. The first kappa shape index (κ1) is 32.5. The molecular formula is C49H35N5O. The van der Waals surface area contributed by atoms with Crippen LogP contribution in [0, 0.1) is 0 Å². The van der Waals surface area contributed by atoms with Crippen LogP contribution in [0.2, 0.25) is 0 Å². The fraction of sp³-hybridized carbons (Fsp3) is 0.0612. The van der Waals surface area contributed by atoms with E-state index in [1.54, 1.807) is 16.2 Å². The third kappa shape index (κ3) is 5.10. The van der Waals surface area contributed by atoms with Crippen LogP contribution < -0.4 is 5.69 Å². The number of nitrogens with zero attached hydrogens (tertiary/aromatic N) is 5. The predicted molar refractivity (Wildman–Crippen MR) is 221 cm³/mol. The molecule has 0 saturated heterocycles. The molecule has 0 unspecified atom stereocenters. The zero-order valence-electron chi connectivity index (χ0n) is 30.4. The highest BCUT2D eigenvalue weighted by molar-refractivity contribution is 5.88. The van der Waals surface area contributed by atoms with E-state index in [0.717, 1.165) is 38.9 Å². The summed E-state index contributed by atoms with van der Waals surface area (Å²) in [5.74, 6) is 1.82. The highest BCUT2D eigenvalue weighted by atomic mass is 16.1. The number of rotatable bonds is 6. The van der Waals surface area contributed by atoms with E-state index in [-0.39, 0.29) is 5.69 Å². The molecule has 0 N–H and O–H groups in total. The molecule has 0 atom stereocenters. The molecule has 55 heavy (non-hydrogen) atoms. The Kier molecular flexibility index (Phi) is 7.52. The fourth-order valence-corrected chi connectivity index (χ4v) is 8.43. The minimum atomic E-state index is -0.534. The standard InChI is InChI=1S/C49H35N5O/c1-53-43-29-27-35(31-44(43)54(2)48(53)55)32-22-24-34(25-23-32)46-50-45(33-14-6-3-7-15-33)51-47(52-46)36-26-28-40-39-20-12-13-21-41(39)49(42(40)30-36,37-16-8-4-9-17-37)38-18-10-5-11-19-38/h3-31H,1-2H3. The monoisotopic (exact) mass is 709 g/mol. The van der Waals surface area contributed by atoms with E-state index in [1.807, 2.05) is 43.4 Å². The fourth-order valence-electron chi connectivity index (χ4n) is 8.43. The maximum Gasteiger partial charge on any atom is 0.328 e. The van der Waals surface area contributed by atoms with Crippen LogP contribution >= 0.6 is 0 Å². The van der Waals surface area contributed by atoms with Crippen LogP contribution in [0.1, 0.15) is 22.3 Å². The third-order valence-electron chi connectivity index (χ3n) is 11.1. The molecule has 10 rings (SSSR count). The van der Waals surface area contributed by atoms with E-state index in [1.165, 1.54) is 33.4 Å². The average molecular weight is 710 g/mol. The van der Waals surface area contributed by atoms with Gasteiger partial charge in [0.1, 0.15) is 0 Å². The maximum atomic E-state index is 12.6. The SMILES string of the molecule is Cn1c(=O)n(C)c2cc(-c3ccc(-c4nc(-c5ccccc5)nc(-c5ccc6c(c5)C(c5ccccc5)(c5ccccc5)c5ccccc5-6)n4)cc3)ccc21. The van der Waals surface area contributed by atoms with Crippen LogP contribution in [0.15, 0.2) is 181 Å². The van der Waals surface area contributed by atoms with Gasteiger partial charge in [0.25, 0.3) is 0 Å². The Morgan fingerprint density at radius 3 is 1.53 bits per heavy atom. The topological polar surface area (TPSA) is 65.6 Å². The molecule has 6 nitrogen and oxygen atoms in total. The number of hydrogen-bond donors (Lipinski definition) is 0. The zero-order chi connectivity index (χ0) is 37.1. The Morgan fingerprint density at radius 1 is 0.400 bits per heavy atom. The van der Waals surface area contributed by atoms with Gasteiger partial charge in [-0.15, -0.1) is 0 Å². The lowest BCUT2D eigenvalue weighted by molar-refractivity contribution is 0.768. The van der Waals surface area contributed by atoms with Gasteiger partial charge in [-0.2, -0.15) is 0 Å². The summed E-state index contributed by atoms with van der Waals surface area (Å²) in [5, 5.41) is 0. The Hall–Kier alpha value is -7.18. The molecule has 0 bridgehead atoms. The smallest absolute Gasteiger partial charge is 0.295 e. The molecule has 1 aliphatic rings. The van der Waals surface area contributed by atoms with Gasteiger partial charge >= 0.3 is 5.69 Å². The van der Waals surface area contributed by atoms with Crippen LogP contribution in [0.5, 0.6) is 0 Å². The van der Waals surface area contributed by atoms with E-state index in [9.17, 15) is 4.79 Å². The molecule has 0 amide bonds. The van der Waals surface area contributed by atoms with Gasteiger partial charge in [0.15, 0.2) is 17.5 Å². The summed E-state index contributed by atoms with van der Waals surface area (Å²) in [5.41, 5.74) is 13.3. The summed E-state index contributed by atoms with van der Waals surface area (Å²) in [6.07, 6.45) is 0. The second-order valence-corrected chi connectivity index (χ2v) is 14.1. The lowest BCUT2D eigenvalue weighted by Crippen LogP contribution is -2.28. The first-order chi connectivity index (χ1) is 27.0. The number of fused-ring (bicyclic) bond motifs is 4. The molecule has 0 aliphatic heterocycles. The van der Waals surface area contributed by atoms with Crippen molar-refractivity contribution in [3.63, 3.8) is 0 Å². The van der Waals surface area contributed by atoms with Gasteiger partial charge in [-0.1, -0.05) is 158 Å². The summed E-state index contributed by atoms with van der Waals surface area (Å²) >= 11 is 0. The van der Waals surface area contributed by atoms with Gasteiger partial charge in [-0.3, -0.25) is 9.13 Å². The summed E-state index contributed by atoms with van der Waals surface area (Å²) in [7, 11) is 3.61. The van der Waals surface area contributed by atoms with Crippen molar-refractivity contribution in [3.05, 3.63) is 209 Å². The molecule has 0 spiro atoms. The number of aromatic nitrogens is 5. The van der Waals surface area contributed by atoms with E-state index >= 15 is 0 Å². The highest BCUT2D eigenvalue weighted by Gasteiger charge is 2.46. The van der Waals surface area contributed by atoms with Crippen molar-refractivity contribution in [2.45, 2.75) is 5.41 Å². The lowest BCUT2D eigenvalue weighted by atomic mass is 9.67. The minimum Gasteiger partial charge on any atom is -0.295 e. The van der Waals surface area contributed by atoms with Crippen LogP contribution in [0.25, 0.3) is 67.5 Å². The molecule has 1 aliphatic carbocycles. The molecule has 6 heteroatoms. The second-order valence-electron chi connectivity index (χ2n) is 14.1. The van der Waals surface area contributed by atoms with Gasteiger partial charge in [0.05, 0.1) is 16.4 Å². The van der Waals surface area contributed by atoms with Crippen LogP contribution in [0.4, 0.5) is 0 Å². The third-order valence-corrected chi connectivity index (χ3v) is 11.1. The lowest BCUT2D eigenvalue weighted by Gasteiger charge is -2.34. The molecular weight excluding hydrogens is 675 g/mol. The van der Waals surface area contributed by atoms with Crippen molar-refractivity contribution in [3.8, 4) is 56.4 Å². The Bertz CT molecular complexity index is 2910. The molecule has 0 saturated carbocycles. The van der Waals surface area contributed by atoms with Gasteiger partial charge in [0, 0.05) is 30.8 Å². The van der Waals surface area contributed by atoms with Crippen LogP contribution in [0.3, 0.4) is 0 Å². The number of imidazole rings is 1. The van der Waals surface area contributed by atoms with Crippen molar-refractivity contribution < 1.29 is 0 Å². The average Bonchev–Trinajstić information content (AvgIpc) is 3.68. The van der Waals surface area contributed by atoms with Crippen molar-refractivity contribution in [2.24, 2.45) is 14.1 Å². The van der Waals surface area contributed by atoms with Crippen molar-refractivity contribution >= 4 is 11.0 Å². The molecule has 7 aromatic carbocycles. The Labute approximate surface area is 318 Å². The van der Waals surface area contributed by atoms with Crippen molar-refractivity contribution in [1.82, 2.24) is 24.1 Å². The number of hydrogen-bond acceptors (Lipinski definition) is 4. The molecule has 9 aromatic rings. The molecule has 2 heterocycles. The van der Waals surface area contributed by atoms with Crippen LogP contribution in [-0.4, -0.2) is 24.1 Å². The summed E-state index contributed by atoms with van der Waals surface area (Å²) < 4.78 is 3.36. The number of aryl methyl sites for hydroxylation is 2. The molecule has 2 aromatic heterocycles. The summed E-state index contributed by atoms with van der Waals surface area (Å²) in [4.78, 5) is 27.9. The van der Waals surface area contributed by atoms with E-state index in [4.69, 9.17) is 15.0 Å². The quantitative estimate of drug-likeness (QED) is 0.172.